The number of H-pyrrole nitrogens is 1. The minimum Gasteiger partial charge on any atom is -0.461 e. The Morgan fingerprint density at radius 3 is 2.54 bits per heavy atom. The molecule has 1 N–H and O–H groups in total. The maximum Gasteiger partial charge on any atom is 0.306 e. The lowest BCUT2D eigenvalue weighted by molar-refractivity contribution is -0.144. The van der Waals surface area contributed by atoms with E-state index < -0.39 is 5.97 Å². The molecule has 0 radical (unpaired) electrons. The van der Waals surface area contributed by atoms with Gasteiger partial charge in [-0.2, -0.15) is 15.4 Å². The van der Waals surface area contributed by atoms with Crippen LogP contribution in [0, 0.1) is 6.92 Å². The smallest absolute Gasteiger partial charge is 0.306 e. The first-order valence-electron chi connectivity index (χ1n) is 7.67. The number of nitrogens with one attached hydrogen (secondary N) is 1. The van der Waals surface area contributed by atoms with E-state index in [0.717, 1.165) is 22.2 Å². The van der Waals surface area contributed by atoms with Crippen molar-refractivity contribution in [2.45, 2.75) is 26.4 Å². The third-order valence-electron chi connectivity index (χ3n) is 3.71. The van der Waals surface area contributed by atoms with Gasteiger partial charge >= 0.3 is 5.97 Å². The van der Waals surface area contributed by atoms with E-state index >= 15 is 0 Å². The first kappa shape index (κ1) is 15.9. The summed E-state index contributed by atoms with van der Waals surface area (Å²) >= 11 is 0. The number of aryl methyl sites for hydroxylation is 1. The molecule has 6 nitrogen and oxygen atoms in total. The van der Waals surface area contributed by atoms with Gasteiger partial charge < -0.3 is 4.74 Å². The Morgan fingerprint density at radius 1 is 1.00 bits per heavy atom. The lowest BCUT2D eigenvalue weighted by Gasteiger charge is -2.05. The fourth-order valence-electron chi connectivity index (χ4n) is 2.31. The molecule has 0 bridgehead atoms. The summed E-state index contributed by atoms with van der Waals surface area (Å²) in [5.41, 5.74) is 4.02. The zero-order chi connectivity index (χ0) is 16.9. The standard InChI is InChI=1S/C18H17N3O3/c1-12-2-5-14(6-3-12)17(22)8-9-18(23)24-11-13-4-7-15-16(10-13)20-21-19-15/h2-7,10H,8-9,11H2,1H3,(H,19,20,21). The number of hydrogen-bond donors (Lipinski definition) is 1. The molecular weight excluding hydrogens is 306 g/mol. The summed E-state index contributed by atoms with van der Waals surface area (Å²) in [6.45, 7) is 2.11. The van der Waals surface area contributed by atoms with Crippen LogP contribution < -0.4 is 0 Å². The highest BCUT2D eigenvalue weighted by atomic mass is 16.5. The van der Waals surface area contributed by atoms with Crippen molar-refractivity contribution in [2.75, 3.05) is 0 Å². The molecule has 0 aliphatic heterocycles. The number of aromatic nitrogens is 3. The monoisotopic (exact) mass is 323 g/mol. The van der Waals surface area contributed by atoms with Crippen molar-refractivity contribution in [1.29, 1.82) is 0 Å². The van der Waals surface area contributed by atoms with Crippen molar-refractivity contribution in [1.82, 2.24) is 15.4 Å². The lowest BCUT2D eigenvalue weighted by Crippen LogP contribution is -2.08. The number of nitrogens with zero attached hydrogens (tertiary/aromatic N) is 2. The molecule has 6 heteroatoms. The number of carbonyl (C=O) groups is 2. The van der Waals surface area contributed by atoms with Gasteiger partial charge in [0.2, 0.25) is 0 Å². The highest BCUT2D eigenvalue weighted by Gasteiger charge is 2.10. The molecule has 0 saturated carbocycles. The van der Waals surface area contributed by atoms with Crippen molar-refractivity contribution < 1.29 is 14.3 Å². The number of benzene rings is 2. The summed E-state index contributed by atoms with van der Waals surface area (Å²) in [6, 6.07) is 12.8. The molecule has 0 fully saturated rings. The van der Waals surface area contributed by atoms with Crippen LogP contribution in [0.2, 0.25) is 0 Å². The molecule has 3 rings (SSSR count). The molecule has 122 valence electrons. The largest absolute Gasteiger partial charge is 0.461 e. The number of Topliss-reactive ketones (excluding diaryl/α,β-unsaturated/α-hetero) is 1. The molecule has 0 unspecified atom stereocenters. The van der Waals surface area contributed by atoms with Crippen LogP contribution in [-0.4, -0.2) is 27.2 Å². The van der Waals surface area contributed by atoms with Gasteiger partial charge in [0.25, 0.3) is 0 Å². The van der Waals surface area contributed by atoms with Gasteiger partial charge in [0, 0.05) is 12.0 Å². The molecule has 3 aromatic rings. The van der Waals surface area contributed by atoms with Crippen LogP contribution >= 0.6 is 0 Å². The average Bonchev–Trinajstić information content (AvgIpc) is 3.06. The molecule has 0 spiro atoms. The Balaban J connectivity index is 1.48. The summed E-state index contributed by atoms with van der Waals surface area (Å²) < 4.78 is 5.21. The van der Waals surface area contributed by atoms with Gasteiger partial charge in [-0.05, 0) is 24.6 Å². The third kappa shape index (κ3) is 3.84. The summed E-state index contributed by atoms with van der Waals surface area (Å²) in [5, 5.41) is 10.5. The number of rotatable bonds is 6. The van der Waals surface area contributed by atoms with E-state index in [2.05, 4.69) is 15.4 Å². The van der Waals surface area contributed by atoms with Crippen molar-refractivity contribution in [3.8, 4) is 0 Å². The van der Waals surface area contributed by atoms with Crippen LogP contribution in [0.15, 0.2) is 42.5 Å². The summed E-state index contributed by atoms with van der Waals surface area (Å²) in [5.74, 6) is -0.452. The van der Waals surface area contributed by atoms with Crippen molar-refractivity contribution in [2.24, 2.45) is 0 Å². The first-order chi connectivity index (χ1) is 11.6. The van der Waals surface area contributed by atoms with Gasteiger partial charge in [-0.15, -0.1) is 0 Å². The highest BCUT2D eigenvalue weighted by Crippen LogP contribution is 2.12. The average molecular weight is 323 g/mol. The number of fused-ring (bicyclic) bond motifs is 1. The summed E-state index contributed by atoms with van der Waals surface area (Å²) in [4.78, 5) is 23.8. The van der Waals surface area contributed by atoms with Crippen molar-refractivity contribution in [3.63, 3.8) is 0 Å². The zero-order valence-corrected chi connectivity index (χ0v) is 13.3. The third-order valence-corrected chi connectivity index (χ3v) is 3.71. The Kier molecular flexibility index (Phi) is 4.65. The van der Waals surface area contributed by atoms with Gasteiger partial charge in [-0.25, -0.2) is 0 Å². The Hall–Kier alpha value is -3.02. The number of ether oxygens (including phenoxy) is 1. The van der Waals surface area contributed by atoms with E-state index in [-0.39, 0.29) is 25.2 Å². The van der Waals surface area contributed by atoms with Crippen LogP contribution in [-0.2, 0) is 16.1 Å². The normalized spacial score (nSPS) is 10.7. The summed E-state index contributed by atoms with van der Waals surface area (Å²) in [6.07, 6.45) is 0.211. The molecule has 0 aliphatic rings. The second-order valence-corrected chi connectivity index (χ2v) is 5.60. The molecule has 0 saturated heterocycles. The fourth-order valence-corrected chi connectivity index (χ4v) is 2.31. The maximum atomic E-state index is 12.0. The summed E-state index contributed by atoms with van der Waals surface area (Å²) in [7, 11) is 0. The van der Waals surface area contributed by atoms with Gasteiger partial charge in [0.05, 0.1) is 6.42 Å². The van der Waals surface area contributed by atoms with Crippen molar-refractivity contribution in [3.05, 3.63) is 59.2 Å². The molecular formula is C18H17N3O3. The van der Waals surface area contributed by atoms with E-state index in [4.69, 9.17) is 4.74 Å². The fraction of sp³-hybridized carbons (Fsp3) is 0.222. The number of esters is 1. The van der Waals surface area contributed by atoms with Crippen LogP contribution in [0.1, 0.15) is 34.3 Å². The van der Waals surface area contributed by atoms with E-state index in [0.29, 0.717) is 5.56 Å². The Bertz CT molecular complexity index is 869. The van der Waals surface area contributed by atoms with E-state index in [9.17, 15) is 9.59 Å². The molecule has 0 amide bonds. The highest BCUT2D eigenvalue weighted by molar-refractivity contribution is 5.97. The maximum absolute atomic E-state index is 12.0. The predicted molar refractivity (Wildman–Crippen MR) is 88.4 cm³/mol. The minimum absolute atomic E-state index is 0.0593. The van der Waals surface area contributed by atoms with E-state index in [1.54, 1.807) is 12.1 Å². The Labute approximate surface area is 138 Å². The van der Waals surface area contributed by atoms with Crippen LogP contribution in [0.4, 0.5) is 0 Å². The molecule has 2 aromatic carbocycles. The molecule has 24 heavy (non-hydrogen) atoms. The molecule has 1 heterocycles. The second-order valence-electron chi connectivity index (χ2n) is 5.60. The number of hydrogen-bond acceptors (Lipinski definition) is 5. The minimum atomic E-state index is -0.393. The lowest BCUT2D eigenvalue weighted by atomic mass is 10.1. The predicted octanol–water partition coefficient (Wildman–Crippen LogP) is 2.97. The van der Waals surface area contributed by atoms with E-state index in [1.807, 2.05) is 37.3 Å². The van der Waals surface area contributed by atoms with Gasteiger partial charge in [0.1, 0.15) is 17.6 Å². The SMILES string of the molecule is Cc1ccc(C(=O)CCC(=O)OCc2ccc3n[nH]nc3c2)cc1. The van der Waals surface area contributed by atoms with Gasteiger partial charge in [-0.1, -0.05) is 35.9 Å². The quantitative estimate of drug-likeness (QED) is 0.557. The zero-order valence-electron chi connectivity index (χ0n) is 13.3. The van der Waals surface area contributed by atoms with E-state index in [1.165, 1.54) is 0 Å². The van der Waals surface area contributed by atoms with Crippen LogP contribution in [0.5, 0.6) is 0 Å². The number of aromatic amines is 1. The van der Waals surface area contributed by atoms with Crippen LogP contribution in [0.25, 0.3) is 11.0 Å². The molecule has 0 aliphatic carbocycles. The van der Waals surface area contributed by atoms with Crippen LogP contribution in [0.3, 0.4) is 0 Å². The number of carbonyl (C=O) groups excluding carboxylic acids is 2. The first-order valence-corrected chi connectivity index (χ1v) is 7.67. The topological polar surface area (TPSA) is 84.9 Å². The second kappa shape index (κ2) is 7.04. The number of ketones is 1. The van der Waals surface area contributed by atoms with Crippen molar-refractivity contribution >= 4 is 22.8 Å². The molecule has 1 aromatic heterocycles. The molecule has 0 atom stereocenters. The Morgan fingerprint density at radius 2 is 1.75 bits per heavy atom. The van der Waals surface area contributed by atoms with Gasteiger partial charge in [0.15, 0.2) is 5.78 Å². The van der Waals surface area contributed by atoms with Gasteiger partial charge in [-0.3, -0.25) is 9.59 Å².